The highest BCUT2D eigenvalue weighted by Crippen LogP contribution is 2.54. The summed E-state index contributed by atoms with van der Waals surface area (Å²) in [5.74, 6) is 0. The zero-order valence-electron chi connectivity index (χ0n) is 31.9. The van der Waals surface area contributed by atoms with Crippen molar-refractivity contribution in [2.75, 3.05) is 4.90 Å². The maximum Gasteiger partial charge on any atom is 0.0619 e. The molecule has 0 amide bonds. The van der Waals surface area contributed by atoms with Gasteiger partial charge in [-0.1, -0.05) is 163 Å². The number of nitrogens with zero attached hydrogens (tertiary/aromatic N) is 2. The van der Waals surface area contributed by atoms with Crippen LogP contribution in [0, 0.1) is 0 Å². The van der Waals surface area contributed by atoms with Crippen LogP contribution < -0.4 is 4.90 Å². The van der Waals surface area contributed by atoms with Crippen molar-refractivity contribution in [2.45, 2.75) is 9.79 Å². The lowest BCUT2D eigenvalue weighted by Gasteiger charge is -2.34. The van der Waals surface area contributed by atoms with Crippen LogP contribution in [0.15, 0.2) is 216 Å². The molecule has 0 N–H and O–H groups in total. The van der Waals surface area contributed by atoms with Crippen molar-refractivity contribution in [3.8, 4) is 16.8 Å². The predicted octanol–water partition coefficient (Wildman–Crippen LogP) is 16.2. The fraction of sp³-hybridized carbons (Fsp3) is 0. The van der Waals surface area contributed by atoms with Crippen LogP contribution in [0.2, 0.25) is 0 Å². The number of rotatable bonds is 3. The summed E-state index contributed by atoms with van der Waals surface area (Å²) in [4.78, 5) is 4.97. The number of hydrogen-bond acceptors (Lipinski definition) is 2. The van der Waals surface area contributed by atoms with E-state index in [1.807, 2.05) is 11.8 Å². The Balaban J connectivity index is 1.02. The van der Waals surface area contributed by atoms with Gasteiger partial charge in [-0.2, -0.15) is 0 Å². The molecule has 0 fully saturated rings. The van der Waals surface area contributed by atoms with Crippen LogP contribution in [0.1, 0.15) is 0 Å². The molecular formula is C56H34N2S. The molecule has 2 heterocycles. The van der Waals surface area contributed by atoms with Gasteiger partial charge >= 0.3 is 0 Å². The minimum Gasteiger partial charge on any atom is -0.309 e. The molecule has 0 saturated carbocycles. The minimum absolute atomic E-state index is 1.16. The van der Waals surface area contributed by atoms with E-state index in [4.69, 9.17) is 0 Å². The van der Waals surface area contributed by atoms with E-state index < -0.39 is 0 Å². The average Bonchev–Trinajstić information content (AvgIpc) is 3.65. The van der Waals surface area contributed by atoms with Crippen molar-refractivity contribution < 1.29 is 0 Å². The fourth-order valence-electron chi connectivity index (χ4n) is 9.83. The summed E-state index contributed by atoms with van der Waals surface area (Å²) in [5.41, 5.74) is 9.61. The number of benzene rings is 11. The van der Waals surface area contributed by atoms with E-state index >= 15 is 0 Å². The van der Waals surface area contributed by atoms with Crippen molar-refractivity contribution in [2.24, 2.45) is 0 Å². The van der Waals surface area contributed by atoms with Gasteiger partial charge in [-0.15, -0.1) is 0 Å². The first-order chi connectivity index (χ1) is 29.3. The first kappa shape index (κ1) is 32.7. The number of para-hydroxylation sites is 1. The van der Waals surface area contributed by atoms with Crippen molar-refractivity contribution in [3.05, 3.63) is 206 Å². The highest BCUT2D eigenvalue weighted by atomic mass is 32.2. The second-order valence-electron chi connectivity index (χ2n) is 15.7. The number of anilines is 3. The van der Waals surface area contributed by atoms with E-state index in [1.165, 1.54) is 114 Å². The molecule has 0 aliphatic carbocycles. The molecule has 11 aromatic carbocycles. The summed E-state index contributed by atoms with van der Waals surface area (Å²) in [6, 6.07) is 76.3. The van der Waals surface area contributed by atoms with Crippen molar-refractivity contribution >= 4 is 104 Å². The molecule has 0 radical (unpaired) electrons. The summed E-state index contributed by atoms with van der Waals surface area (Å²) in [6.45, 7) is 0. The van der Waals surface area contributed by atoms with E-state index in [2.05, 4.69) is 216 Å². The fourth-order valence-corrected chi connectivity index (χ4v) is 11.1. The zero-order chi connectivity index (χ0) is 38.6. The molecule has 0 unspecified atom stereocenters. The van der Waals surface area contributed by atoms with Crippen LogP contribution in [0.4, 0.5) is 17.1 Å². The molecule has 0 atom stereocenters. The van der Waals surface area contributed by atoms with Crippen LogP contribution in [0.3, 0.4) is 0 Å². The molecule has 59 heavy (non-hydrogen) atoms. The molecule has 0 saturated heterocycles. The van der Waals surface area contributed by atoms with Gasteiger partial charge in [0.2, 0.25) is 0 Å². The number of fused-ring (bicyclic) bond motifs is 15. The third-order valence-corrected chi connectivity index (χ3v) is 13.7. The summed E-state index contributed by atoms with van der Waals surface area (Å²) >= 11 is 1.88. The van der Waals surface area contributed by atoms with Crippen LogP contribution in [0.5, 0.6) is 0 Å². The maximum atomic E-state index is 2.50. The number of aromatic nitrogens is 1. The Hall–Kier alpha value is -7.33. The van der Waals surface area contributed by atoms with Crippen LogP contribution in [0.25, 0.3) is 92.5 Å². The second-order valence-corrected chi connectivity index (χ2v) is 16.7. The Morgan fingerprint density at radius 1 is 0.322 bits per heavy atom. The van der Waals surface area contributed by atoms with Gasteiger partial charge in [0.15, 0.2) is 0 Å². The Bertz CT molecular complexity index is 3680. The predicted molar refractivity (Wildman–Crippen MR) is 253 cm³/mol. The standard InChI is InChI=1S/C56H34N2S/c1-2-14-39(15-3-1)57-52-30-25-38(33-54(52)59-56-42-17-7-5-13-36(42)23-31-53(56)57)37-24-29-51-50(32-37)48-27-22-35-12-4-6-16-41(35)55(48)58(51)40-26-28-47-45-20-9-8-18-43(45)44-19-10-11-21-46(44)49(47)34-40/h1-34H. The number of hydrogen-bond donors (Lipinski definition) is 0. The summed E-state index contributed by atoms with van der Waals surface area (Å²) in [5, 5.41) is 15.2. The van der Waals surface area contributed by atoms with Crippen LogP contribution in [-0.2, 0) is 0 Å². The smallest absolute Gasteiger partial charge is 0.0619 e. The summed E-state index contributed by atoms with van der Waals surface area (Å²) in [7, 11) is 0. The summed E-state index contributed by atoms with van der Waals surface area (Å²) in [6.07, 6.45) is 0. The van der Waals surface area contributed by atoms with E-state index in [9.17, 15) is 0 Å². The second kappa shape index (κ2) is 12.6. The van der Waals surface area contributed by atoms with Crippen LogP contribution >= 0.6 is 11.8 Å². The highest BCUT2D eigenvalue weighted by molar-refractivity contribution is 8.00. The lowest BCUT2D eigenvalue weighted by atomic mass is 9.94. The quantitative estimate of drug-likeness (QED) is 0.166. The molecule has 274 valence electrons. The van der Waals surface area contributed by atoms with E-state index in [1.54, 1.807) is 0 Å². The molecule has 0 bridgehead atoms. The molecule has 1 aromatic heterocycles. The molecule has 0 spiro atoms. The lowest BCUT2D eigenvalue weighted by Crippen LogP contribution is -2.15. The van der Waals surface area contributed by atoms with Gasteiger partial charge in [-0.25, -0.2) is 0 Å². The largest absolute Gasteiger partial charge is 0.309 e. The Morgan fingerprint density at radius 2 is 0.881 bits per heavy atom. The van der Waals surface area contributed by atoms with Gasteiger partial charge in [-0.3, -0.25) is 0 Å². The third kappa shape index (κ3) is 4.83. The van der Waals surface area contributed by atoms with Gasteiger partial charge in [0.25, 0.3) is 0 Å². The van der Waals surface area contributed by atoms with Gasteiger partial charge in [0, 0.05) is 37.3 Å². The van der Waals surface area contributed by atoms with Gasteiger partial charge in [0.05, 0.1) is 22.4 Å². The van der Waals surface area contributed by atoms with E-state index in [0.717, 1.165) is 5.69 Å². The minimum atomic E-state index is 1.16. The monoisotopic (exact) mass is 766 g/mol. The van der Waals surface area contributed by atoms with Gasteiger partial charge in [-0.05, 0) is 114 Å². The summed E-state index contributed by atoms with van der Waals surface area (Å²) < 4.78 is 2.50. The Morgan fingerprint density at radius 3 is 1.64 bits per heavy atom. The average molecular weight is 767 g/mol. The molecule has 13 rings (SSSR count). The molecule has 12 aromatic rings. The van der Waals surface area contributed by atoms with Gasteiger partial charge in [0.1, 0.15) is 0 Å². The topological polar surface area (TPSA) is 8.17 Å². The molecule has 3 heteroatoms. The maximum absolute atomic E-state index is 2.50. The SMILES string of the molecule is c1ccc(N2c3ccc(-c4ccc5c(c4)c4ccc6ccccc6c4n5-c4ccc5c6ccccc6c6ccccc6c5c4)cc3Sc3c2ccc2ccccc32)cc1. The van der Waals surface area contributed by atoms with Crippen molar-refractivity contribution in [1.82, 2.24) is 4.57 Å². The third-order valence-electron chi connectivity index (χ3n) is 12.5. The van der Waals surface area contributed by atoms with E-state index in [-0.39, 0.29) is 0 Å². The normalized spacial score (nSPS) is 12.6. The van der Waals surface area contributed by atoms with E-state index in [0.29, 0.717) is 0 Å². The molecule has 2 nitrogen and oxygen atoms in total. The zero-order valence-corrected chi connectivity index (χ0v) is 32.7. The highest BCUT2D eigenvalue weighted by Gasteiger charge is 2.27. The Kier molecular flexibility index (Phi) is 6.98. The Labute approximate surface area is 345 Å². The molecule has 1 aliphatic heterocycles. The van der Waals surface area contributed by atoms with Gasteiger partial charge < -0.3 is 9.47 Å². The molecular weight excluding hydrogens is 733 g/mol. The first-order valence-electron chi connectivity index (χ1n) is 20.3. The molecule has 1 aliphatic rings. The lowest BCUT2D eigenvalue weighted by molar-refractivity contribution is 1.18. The van der Waals surface area contributed by atoms with Crippen LogP contribution in [-0.4, -0.2) is 4.57 Å². The van der Waals surface area contributed by atoms with Crippen molar-refractivity contribution in [1.29, 1.82) is 0 Å². The van der Waals surface area contributed by atoms with Crippen molar-refractivity contribution in [3.63, 3.8) is 0 Å². The first-order valence-corrected chi connectivity index (χ1v) is 21.1.